The first-order valence-corrected chi connectivity index (χ1v) is 6.80. The summed E-state index contributed by atoms with van der Waals surface area (Å²) < 4.78 is 0. The van der Waals surface area contributed by atoms with Gasteiger partial charge in [0.1, 0.15) is 0 Å². The Labute approximate surface area is 131 Å². The number of rotatable bonds is 9. The predicted molar refractivity (Wildman–Crippen MR) is 84.4 cm³/mol. The van der Waals surface area contributed by atoms with Crippen LogP contribution in [0.5, 0.6) is 0 Å². The Hall–Kier alpha value is -1.59. The second-order valence-electron chi connectivity index (χ2n) is 4.87. The lowest BCUT2D eigenvalue weighted by Gasteiger charge is -2.28. The first kappa shape index (κ1) is 19.4. The zero-order valence-electron chi connectivity index (χ0n) is 12.2. The van der Waals surface area contributed by atoms with E-state index in [0.29, 0.717) is 13.0 Å². The second-order valence-corrected chi connectivity index (χ2v) is 4.87. The molecular weight excluding hydrogens is 292 g/mol. The van der Waals surface area contributed by atoms with Gasteiger partial charge >= 0.3 is 5.97 Å². The van der Waals surface area contributed by atoms with E-state index in [1.54, 1.807) is 0 Å². The third-order valence-corrected chi connectivity index (χ3v) is 3.27. The van der Waals surface area contributed by atoms with Gasteiger partial charge < -0.3 is 10.8 Å². The van der Waals surface area contributed by atoms with Crippen LogP contribution in [0.25, 0.3) is 0 Å². The van der Waals surface area contributed by atoms with E-state index in [9.17, 15) is 9.59 Å². The predicted octanol–water partition coefficient (Wildman–Crippen LogP) is 2.21. The first-order chi connectivity index (χ1) is 9.50. The molecule has 0 saturated heterocycles. The molecule has 0 unspecified atom stereocenters. The number of hydrogen-bond acceptors (Lipinski definition) is 3. The van der Waals surface area contributed by atoms with Gasteiger partial charge in [-0.3, -0.25) is 14.5 Å². The zero-order valence-corrected chi connectivity index (χ0v) is 13.0. The molecule has 1 aromatic rings. The van der Waals surface area contributed by atoms with Crippen LogP contribution in [-0.2, 0) is 9.59 Å². The highest BCUT2D eigenvalue weighted by Crippen LogP contribution is 2.20. The molecule has 0 aromatic heterocycles. The number of amides is 1. The molecule has 1 rings (SSSR count). The van der Waals surface area contributed by atoms with E-state index in [0.717, 1.165) is 12.0 Å². The molecule has 0 fully saturated rings. The summed E-state index contributed by atoms with van der Waals surface area (Å²) in [6.45, 7) is 2.87. The van der Waals surface area contributed by atoms with Gasteiger partial charge in [0.25, 0.3) is 0 Å². The second kappa shape index (κ2) is 10.2. The van der Waals surface area contributed by atoms with E-state index in [-0.39, 0.29) is 37.3 Å². The highest BCUT2D eigenvalue weighted by Gasteiger charge is 2.17. The smallest absolute Gasteiger partial charge is 0.303 e. The Morgan fingerprint density at radius 1 is 1.24 bits per heavy atom. The summed E-state index contributed by atoms with van der Waals surface area (Å²) in [4.78, 5) is 23.6. The molecule has 6 heteroatoms. The summed E-state index contributed by atoms with van der Waals surface area (Å²) in [6, 6.07) is 9.96. The van der Waals surface area contributed by atoms with Crippen LogP contribution >= 0.6 is 12.4 Å². The Morgan fingerprint density at radius 2 is 1.86 bits per heavy atom. The van der Waals surface area contributed by atoms with Crippen LogP contribution in [0.15, 0.2) is 30.3 Å². The fourth-order valence-electron chi connectivity index (χ4n) is 2.14. The average molecular weight is 315 g/mol. The van der Waals surface area contributed by atoms with Gasteiger partial charge in [0, 0.05) is 12.5 Å². The van der Waals surface area contributed by atoms with Gasteiger partial charge in [0.05, 0.1) is 6.54 Å². The minimum atomic E-state index is -0.789. The van der Waals surface area contributed by atoms with Gasteiger partial charge in [0.2, 0.25) is 5.91 Å². The summed E-state index contributed by atoms with van der Waals surface area (Å²) in [5, 5.41) is 8.62. The number of carbonyl (C=O) groups is 2. The molecule has 0 aliphatic carbocycles. The normalized spacial score (nSPS) is 11.7. The number of carboxylic acid groups (broad SMARTS) is 1. The van der Waals surface area contributed by atoms with Crippen molar-refractivity contribution >= 4 is 24.3 Å². The molecule has 0 bridgehead atoms. The number of nitrogens with zero attached hydrogens (tertiary/aromatic N) is 1. The zero-order chi connectivity index (χ0) is 15.0. The number of carbonyl (C=O) groups excluding carboxylic acids is 1. The van der Waals surface area contributed by atoms with Crippen molar-refractivity contribution in [3.05, 3.63) is 35.9 Å². The number of benzene rings is 1. The molecule has 0 aliphatic rings. The molecule has 0 radical (unpaired) electrons. The fraction of sp³-hybridized carbons (Fsp3) is 0.467. The number of unbranched alkanes of at least 4 members (excludes halogenated alkanes) is 1. The highest BCUT2D eigenvalue weighted by molar-refractivity contribution is 5.85. The van der Waals surface area contributed by atoms with Crippen LogP contribution in [-0.4, -0.2) is 35.0 Å². The van der Waals surface area contributed by atoms with Crippen LogP contribution in [0.3, 0.4) is 0 Å². The standard InChI is InChI=1S/C15H22N2O3.ClH/c1-12(13-7-3-2-4-8-13)17(11-14(16)18)10-6-5-9-15(19)20;/h2-4,7-8,12H,5-6,9-11H2,1H3,(H2,16,18)(H,19,20);1H/t12-;/m1./s1. The van der Waals surface area contributed by atoms with Crippen LogP contribution in [0.1, 0.15) is 37.8 Å². The quantitative estimate of drug-likeness (QED) is 0.684. The Morgan fingerprint density at radius 3 is 2.38 bits per heavy atom. The van der Waals surface area contributed by atoms with E-state index in [1.165, 1.54) is 0 Å². The number of nitrogens with two attached hydrogens (primary N) is 1. The molecule has 21 heavy (non-hydrogen) atoms. The third-order valence-electron chi connectivity index (χ3n) is 3.27. The molecule has 1 amide bonds. The topological polar surface area (TPSA) is 83.6 Å². The summed E-state index contributed by atoms with van der Waals surface area (Å²) >= 11 is 0. The number of halogens is 1. The van der Waals surface area contributed by atoms with E-state index in [2.05, 4.69) is 0 Å². The number of carboxylic acids is 1. The van der Waals surface area contributed by atoms with Gasteiger partial charge in [-0.1, -0.05) is 30.3 Å². The van der Waals surface area contributed by atoms with Gasteiger partial charge in [-0.15, -0.1) is 12.4 Å². The molecule has 0 saturated carbocycles. The lowest BCUT2D eigenvalue weighted by molar-refractivity contribution is -0.137. The fourth-order valence-corrected chi connectivity index (χ4v) is 2.14. The number of primary amides is 1. The maximum Gasteiger partial charge on any atom is 0.303 e. The van der Waals surface area contributed by atoms with E-state index in [1.807, 2.05) is 42.2 Å². The van der Waals surface area contributed by atoms with Crippen molar-refractivity contribution in [2.75, 3.05) is 13.1 Å². The number of hydrogen-bond donors (Lipinski definition) is 2. The lowest BCUT2D eigenvalue weighted by Crippen LogP contribution is -2.36. The van der Waals surface area contributed by atoms with E-state index < -0.39 is 5.97 Å². The van der Waals surface area contributed by atoms with Crippen molar-refractivity contribution in [2.45, 2.75) is 32.2 Å². The van der Waals surface area contributed by atoms with Gasteiger partial charge in [-0.25, -0.2) is 0 Å². The molecule has 0 aliphatic heterocycles. The van der Waals surface area contributed by atoms with Crippen LogP contribution in [0.4, 0.5) is 0 Å². The number of aliphatic carboxylic acids is 1. The van der Waals surface area contributed by atoms with Gasteiger partial charge in [-0.05, 0) is 31.9 Å². The van der Waals surface area contributed by atoms with E-state index in [4.69, 9.17) is 10.8 Å². The summed E-state index contributed by atoms with van der Waals surface area (Å²) in [5.74, 6) is -1.16. The SMILES string of the molecule is C[C@H](c1ccccc1)N(CCCCC(=O)O)CC(N)=O.Cl. The van der Waals surface area contributed by atoms with Crippen LogP contribution in [0.2, 0.25) is 0 Å². The van der Waals surface area contributed by atoms with Crippen molar-refractivity contribution < 1.29 is 14.7 Å². The van der Waals surface area contributed by atoms with Gasteiger partial charge in [0.15, 0.2) is 0 Å². The minimum Gasteiger partial charge on any atom is -0.481 e. The maximum absolute atomic E-state index is 11.2. The van der Waals surface area contributed by atoms with Crippen molar-refractivity contribution in [3.63, 3.8) is 0 Å². The average Bonchev–Trinajstić information content (AvgIpc) is 2.41. The van der Waals surface area contributed by atoms with E-state index >= 15 is 0 Å². The van der Waals surface area contributed by atoms with Gasteiger partial charge in [-0.2, -0.15) is 0 Å². The highest BCUT2D eigenvalue weighted by atomic mass is 35.5. The maximum atomic E-state index is 11.2. The van der Waals surface area contributed by atoms with Crippen LogP contribution in [0, 0.1) is 0 Å². The molecule has 5 nitrogen and oxygen atoms in total. The van der Waals surface area contributed by atoms with Crippen molar-refractivity contribution in [1.29, 1.82) is 0 Å². The summed E-state index contributed by atoms with van der Waals surface area (Å²) in [5.41, 5.74) is 6.40. The molecule has 3 N–H and O–H groups in total. The molecule has 0 spiro atoms. The molecular formula is C15H23ClN2O3. The third kappa shape index (κ3) is 7.68. The van der Waals surface area contributed by atoms with Crippen molar-refractivity contribution in [2.24, 2.45) is 5.73 Å². The van der Waals surface area contributed by atoms with Crippen molar-refractivity contribution in [3.8, 4) is 0 Å². The summed E-state index contributed by atoms with van der Waals surface area (Å²) in [6.07, 6.45) is 1.49. The lowest BCUT2D eigenvalue weighted by atomic mass is 10.1. The minimum absolute atomic E-state index is 0. The molecule has 0 heterocycles. The molecule has 1 atom stereocenters. The Bertz CT molecular complexity index is 440. The summed E-state index contributed by atoms with van der Waals surface area (Å²) in [7, 11) is 0. The van der Waals surface area contributed by atoms with Crippen molar-refractivity contribution in [1.82, 2.24) is 4.90 Å². The largest absolute Gasteiger partial charge is 0.481 e. The first-order valence-electron chi connectivity index (χ1n) is 6.80. The molecule has 118 valence electrons. The Kier molecular flexibility index (Phi) is 9.41. The molecule has 1 aromatic carbocycles. The van der Waals surface area contributed by atoms with Crippen LogP contribution < -0.4 is 5.73 Å². The Balaban J connectivity index is 0.00000400. The monoisotopic (exact) mass is 314 g/mol.